The van der Waals surface area contributed by atoms with Crippen molar-refractivity contribution in [1.82, 2.24) is 14.7 Å². The number of urea groups is 1. The average molecular weight is 363 g/mol. The first-order valence-electron chi connectivity index (χ1n) is 8.63. The fourth-order valence-corrected chi connectivity index (χ4v) is 4.24. The quantitative estimate of drug-likeness (QED) is 0.775. The number of nitrogens with zero attached hydrogens (tertiary/aromatic N) is 3. The van der Waals surface area contributed by atoms with E-state index in [9.17, 15) is 14.4 Å². The Balaban J connectivity index is 1.89. The summed E-state index contributed by atoms with van der Waals surface area (Å²) < 4.78 is 0. The minimum Gasteiger partial charge on any atom is -0.335 e. The van der Waals surface area contributed by atoms with E-state index in [-0.39, 0.29) is 35.7 Å². The Labute approximate surface area is 152 Å². The molecule has 7 heteroatoms. The minimum absolute atomic E-state index is 0.0706. The molecule has 3 heterocycles. The summed E-state index contributed by atoms with van der Waals surface area (Å²) in [7, 11) is 0. The van der Waals surface area contributed by atoms with Crippen LogP contribution in [0.2, 0.25) is 0 Å². The first-order chi connectivity index (χ1) is 11.7. The van der Waals surface area contributed by atoms with E-state index in [0.717, 1.165) is 0 Å². The first-order valence-corrected chi connectivity index (χ1v) is 9.57. The molecule has 1 unspecified atom stereocenters. The largest absolute Gasteiger partial charge is 0.335 e. The van der Waals surface area contributed by atoms with E-state index in [4.69, 9.17) is 0 Å². The van der Waals surface area contributed by atoms with Crippen LogP contribution in [0.4, 0.5) is 4.79 Å². The van der Waals surface area contributed by atoms with Crippen LogP contribution in [-0.4, -0.2) is 64.8 Å². The zero-order valence-corrected chi connectivity index (χ0v) is 16.0. The molecular weight excluding hydrogens is 338 g/mol. The van der Waals surface area contributed by atoms with Crippen molar-refractivity contribution in [1.29, 1.82) is 0 Å². The van der Waals surface area contributed by atoms with Gasteiger partial charge >= 0.3 is 6.03 Å². The third kappa shape index (κ3) is 3.42. The summed E-state index contributed by atoms with van der Waals surface area (Å²) in [6, 6.07) is 1.01. The zero-order valence-electron chi connectivity index (χ0n) is 15.2. The second-order valence-corrected chi connectivity index (χ2v) is 8.91. The molecule has 4 amide bonds. The van der Waals surface area contributed by atoms with Gasteiger partial charge in [-0.2, -0.15) is 11.3 Å². The van der Waals surface area contributed by atoms with Gasteiger partial charge in [0, 0.05) is 30.4 Å². The van der Waals surface area contributed by atoms with Crippen LogP contribution >= 0.6 is 11.3 Å². The van der Waals surface area contributed by atoms with E-state index in [2.05, 4.69) is 0 Å². The lowest BCUT2D eigenvalue weighted by atomic mass is 9.92. The fourth-order valence-electron chi connectivity index (χ4n) is 3.61. The van der Waals surface area contributed by atoms with Crippen molar-refractivity contribution >= 4 is 29.2 Å². The van der Waals surface area contributed by atoms with Gasteiger partial charge in [0.05, 0.1) is 12.1 Å². The Morgan fingerprint density at radius 1 is 1.32 bits per heavy atom. The molecule has 1 aromatic heterocycles. The van der Waals surface area contributed by atoms with E-state index in [1.54, 1.807) is 15.9 Å². The molecule has 6 nitrogen and oxygen atoms in total. The molecule has 2 aliphatic heterocycles. The van der Waals surface area contributed by atoms with Gasteiger partial charge in [-0.3, -0.25) is 14.5 Å². The maximum absolute atomic E-state index is 12.8. The van der Waals surface area contributed by atoms with Gasteiger partial charge in [0.25, 0.3) is 11.8 Å². The van der Waals surface area contributed by atoms with Crippen molar-refractivity contribution in [3.8, 4) is 0 Å². The Kier molecular flexibility index (Phi) is 4.62. The summed E-state index contributed by atoms with van der Waals surface area (Å²) in [6.07, 6.45) is 0. The number of imide groups is 1. The lowest BCUT2D eigenvalue weighted by molar-refractivity contribution is -0.128. The molecule has 2 aliphatic rings. The third-order valence-corrected chi connectivity index (χ3v) is 5.30. The maximum atomic E-state index is 12.8. The lowest BCUT2D eigenvalue weighted by Crippen LogP contribution is -2.44. The molecule has 0 N–H and O–H groups in total. The number of carbonyl (C=O) groups excluding carboxylic acids is 3. The molecule has 136 valence electrons. The summed E-state index contributed by atoms with van der Waals surface area (Å²) in [5.41, 5.74) is 0.370. The van der Waals surface area contributed by atoms with Crippen LogP contribution < -0.4 is 0 Å². The minimum atomic E-state index is -0.574. The lowest BCUT2D eigenvalue weighted by Gasteiger charge is -2.30. The molecular formula is C18H25N3O3S. The van der Waals surface area contributed by atoms with Crippen LogP contribution in [0.25, 0.3) is 0 Å². The molecule has 0 aromatic carbocycles. The van der Waals surface area contributed by atoms with Gasteiger partial charge in [0.15, 0.2) is 0 Å². The number of hydrogen-bond acceptors (Lipinski definition) is 4. The van der Waals surface area contributed by atoms with Crippen molar-refractivity contribution in [3.63, 3.8) is 0 Å². The van der Waals surface area contributed by atoms with Crippen molar-refractivity contribution in [2.45, 2.75) is 33.7 Å². The number of thiophene rings is 1. The van der Waals surface area contributed by atoms with Gasteiger partial charge in [-0.15, -0.1) is 0 Å². The first kappa shape index (κ1) is 17.9. The van der Waals surface area contributed by atoms with Crippen molar-refractivity contribution in [3.05, 3.63) is 22.4 Å². The summed E-state index contributed by atoms with van der Waals surface area (Å²) in [4.78, 5) is 43.2. The zero-order chi connectivity index (χ0) is 18.4. The topological polar surface area (TPSA) is 60.9 Å². The smallest absolute Gasteiger partial charge is 0.327 e. The predicted octanol–water partition coefficient (Wildman–Crippen LogP) is 2.52. The molecule has 0 radical (unpaired) electrons. The van der Waals surface area contributed by atoms with Crippen molar-refractivity contribution < 1.29 is 14.4 Å². The van der Waals surface area contributed by atoms with Crippen LogP contribution in [0, 0.1) is 11.3 Å². The van der Waals surface area contributed by atoms with E-state index < -0.39 is 6.04 Å². The number of rotatable bonds is 3. The highest BCUT2D eigenvalue weighted by atomic mass is 32.1. The predicted molar refractivity (Wildman–Crippen MR) is 96.4 cm³/mol. The van der Waals surface area contributed by atoms with Crippen LogP contribution in [0.5, 0.6) is 0 Å². The van der Waals surface area contributed by atoms with E-state index in [1.165, 1.54) is 16.2 Å². The molecule has 25 heavy (non-hydrogen) atoms. The molecule has 0 spiro atoms. The Bertz CT molecular complexity index is 684. The van der Waals surface area contributed by atoms with Gasteiger partial charge in [-0.1, -0.05) is 27.7 Å². The van der Waals surface area contributed by atoms with Gasteiger partial charge < -0.3 is 9.80 Å². The third-order valence-electron chi connectivity index (χ3n) is 4.62. The van der Waals surface area contributed by atoms with Crippen molar-refractivity contribution in [2.24, 2.45) is 11.3 Å². The van der Waals surface area contributed by atoms with E-state index in [0.29, 0.717) is 25.2 Å². The fraction of sp³-hybridized carbons (Fsp3) is 0.611. The molecule has 2 saturated heterocycles. The van der Waals surface area contributed by atoms with Crippen LogP contribution in [-0.2, 0) is 4.79 Å². The number of fused-ring (bicyclic) bond motifs is 1. The van der Waals surface area contributed by atoms with Gasteiger partial charge in [0.1, 0.15) is 6.04 Å². The van der Waals surface area contributed by atoms with E-state index in [1.807, 2.05) is 38.5 Å². The molecule has 0 saturated carbocycles. The van der Waals surface area contributed by atoms with Gasteiger partial charge in [0.2, 0.25) is 0 Å². The standard InChI is InChI=1S/C18H25N3O3S/c1-12(2)7-20-16(23)14-8-19(15(22)13-5-6-25-9-13)10-18(3,4)11-21(14)17(20)24/h5-6,9,12,14H,7-8,10-11H2,1-4H3. The highest BCUT2D eigenvalue weighted by Crippen LogP contribution is 2.31. The maximum Gasteiger partial charge on any atom is 0.327 e. The Hall–Kier alpha value is -1.89. The molecule has 2 fully saturated rings. The average Bonchev–Trinajstić information content (AvgIpc) is 3.08. The number of carbonyl (C=O) groups is 3. The Morgan fingerprint density at radius 3 is 2.64 bits per heavy atom. The highest BCUT2D eigenvalue weighted by molar-refractivity contribution is 7.08. The normalized spacial score (nSPS) is 23.2. The van der Waals surface area contributed by atoms with Crippen LogP contribution in [0.15, 0.2) is 16.8 Å². The number of hydrogen-bond donors (Lipinski definition) is 0. The monoisotopic (exact) mass is 363 g/mol. The number of amides is 4. The highest BCUT2D eigenvalue weighted by Gasteiger charge is 2.50. The summed E-state index contributed by atoms with van der Waals surface area (Å²) in [5.74, 6) is -0.0359. The second kappa shape index (κ2) is 6.44. The SMILES string of the molecule is CC(C)CN1C(=O)C2CN(C(=O)c3ccsc3)CC(C)(C)CN2C1=O. The van der Waals surface area contributed by atoms with Gasteiger partial charge in [-0.25, -0.2) is 4.79 Å². The molecule has 3 rings (SSSR count). The summed E-state index contributed by atoms with van der Waals surface area (Å²) in [6.45, 7) is 9.73. The summed E-state index contributed by atoms with van der Waals surface area (Å²) in [5, 5.41) is 3.70. The molecule has 1 aromatic rings. The molecule has 0 aliphatic carbocycles. The Morgan fingerprint density at radius 2 is 2.04 bits per heavy atom. The second-order valence-electron chi connectivity index (χ2n) is 8.13. The summed E-state index contributed by atoms with van der Waals surface area (Å²) >= 11 is 1.48. The van der Waals surface area contributed by atoms with Crippen molar-refractivity contribution in [2.75, 3.05) is 26.2 Å². The molecule has 1 atom stereocenters. The van der Waals surface area contributed by atoms with Crippen LogP contribution in [0.1, 0.15) is 38.1 Å². The van der Waals surface area contributed by atoms with Gasteiger partial charge in [-0.05, 0) is 17.4 Å². The van der Waals surface area contributed by atoms with E-state index >= 15 is 0 Å². The van der Waals surface area contributed by atoms with Crippen LogP contribution in [0.3, 0.4) is 0 Å². The molecule has 0 bridgehead atoms.